The van der Waals surface area contributed by atoms with Crippen LogP contribution in [0.4, 0.5) is 5.69 Å². The van der Waals surface area contributed by atoms with Crippen LogP contribution >= 0.6 is 39.1 Å². The summed E-state index contributed by atoms with van der Waals surface area (Å²) in [6.07, 6.45) is 0.712. The Bertz CT molecular complexity index is 370. The molecule has 0 aliphatic heterocycles. The van der Waals surface area contributed by atoms with Crippen LogP contribution in [-0.2, 0) is 4.79 Å². The number of benzene rings is 1. The van der Waals surface area contributed by atoms with Gasteiger partial charge in [-0.25, -0.2) is 0 Å². The fraction of sp³-hybridized carbons (Fsp3) is 0.300. The predicted octanol–water partition coefficient (Wildman–Crippen LogP) is 4.11. The summed E-state index contributed by atoms with van der Waals surface area (Å²) in [4.78, 5) is 11.3. The lowest BCUT2D eigenvalue weighted by atomic mass is 10.3. The average molecular weight is 311 g/mol. The van der Waals surface area contributed by atoms with E-state index < -0.39 is 0 Å². The molecule has 0 saturated heterocycles. The third-order valence-electron chi connectivity index (χ3n) is 1.85. The third-order valence-corrected chi connectivity index (χ3v) is 3.73. The van der Waals surface area contributed by atoms with Crippen LogP contribution in [0.5, 0.6) is 0 Å². The molecule has 82 valence electrons. The standard InChI is InChI=1S/C10H10BrCl2NO/c1-2-6(11)10(15)14-8-5-3-4-7(12)9(8)13/h3-6H,2H2,1H3,(H,14,15)/t6-/m1/s1. The predicted molar refractivity (Wildman–Crippen MR) is 68.1 cm³/mol. The highest BCUT2D eigenvalue weighted by Crippen LogP contribution is 2.29. The number of carbonyl (C=O) groups excluding carboxylic acids is 1. The fourth-order valence-corrected chi connectivity index (χ4v) is 1.46. The molecular formula is C10H10BrCl2NO. The minimum Gasteiger partial charge on any atom is -0.324 e. The van der Waals surface area contributed by atoms with Crippen molar-refractivity contribution in [3.8, 4) is 0 Å². The van der Waals surface area contributed by atoms with E-state index >= 15 is 0 Å². The molecule has 0 spiro atoms. The van der Waals surface area contributed by atoms with Gasteiger partial charge in [0, 0.05) is 0 Å². The second kappa shape index (κ2) is 5.73. The Kier molecular flexibility index (Phi) is 4.90. The molecule has 0 unspecified atom stereocenters. The second-order valence-corrected chi connectivity index (χ2v) is 4.86. The zero-order valence-electron chi connectivity index (χ0n) is 8.06. The monoisotopic (exact) mass is 309 g/mol. The highest BCUT2D eigenvalue weighted by atomic mass is 79.9. The van der Waals surface area contributed by atoms with Gasteiger partial charge in [-0.15, -0.1) is 0 Å². The molecule has 0 bridgehead atoms. The summed E-state index contributed by atoms with van der Waals surface area (Å²) >= 11 is 15.0. The van der Waals surface area contributed by atoms with Gasteiger partial charge in [0.25, 0.3) is 0 Å². The van der Waals surface area contributed by atoms with Gasteiger partial charge in [-0.2, -0.15) is 0 Å². The van der Waals surface area contributed by atoms with E-state index in [9.17, 15) is 4.79 Å². The molecule has 1 N–H and O–H groups in total. The lowest BCUT2D eigenvalue weighted by Crippen LogP contribution is -2.22. The zero-order valence-corrected chi connectivity index (χ0v) is 11.2. The van der Waals surface area contributed by atoms with E-state index in [-0.39, 0.29) is 10.7 Å². The molecule has 15 heavy (non-hydrogen) atoms. The molecule has 1 amide bonds. The van der Waals surface area contributed by atoms with Crippen LogP contribution in [0.15, 0.2) is 18.2 Å². The third kappa shape index (κ3) is 3.37. The second-order valence-electron chi connectivity index (χ2n) is 2.97. The van der Waals surface area contributed by atoms with Crippen LogP contribution in [0, 0.1) is 0 Å². The first-order chi connectivity index (χ1) is 7.06. The van der Waals surface area contributed by atoms with Crippen LogP contribution in [0.2, 0.25) is 10.0 Å². The maximum atomic E-state index is 11.5. The van der Waals surface area contributed by atoms with E-state index in [0.29, 0.717) is 22.2 Å². The first-order valence-corrected chi connectivity index (χ1v) is 6.12. The number of hydrogen-bond acceptors (Lipinski definition) is 1. The van der Waals surface area contributed by atoms with Crippen molar-refractivity contribution in [3.05, 3.63) is 28.2 Å². The first-order valence-electron chi connectivity index (χ1n) is 4.45. The van der Waals surface area contributed by atoms with E-state index in [2.05, 4.69) is 21.2 Å². The number of alkyl halides is 1. The molecule has 0 saturated carbocycles. The van der Waals surface area contributed by atoms with Gasteiger partial charge >= 0.3 is 0 Å². The maximum absolute atomic E-state index is 11.5. The van der Waals surface area contributed by atoms with E-state index in [1.807, 2.05) is 6.92 Å². The molecule has 2 nitrogen and oxygen atoms in total. The van der Waals surface area contributed by atoms with E-state index in [4.69, 9.17) is 23.2 Å². The van der Waals surface area contributed by atoms with Crippen LogP contribution in [0.25, 0.3) is 0 Å². The molecular weight excluding hydrogens is 301 g/mol. The summed E-state index contributed by atoms with van der Waals surface area (Å²) in [6.45, 7) is 1.92. The minimum atomic E-state index is -0.215. The van der Waals surface area contributed by atoms with Gasteiger partial charge < -0.3 is 5.32 Å². The average Bonchev–Trinajstić information content (AvgIpc) is 2.23. The van der Waals surface area contributed by atoms with Crippen LogP contribution < -0.4 is 5.32 Å². The summed E-state index contributed by atoms with van der Waals surface area (Å²) in [5.41, 5.74) is 0.534. The smallest absolute Gasteiger partial charge is 0.238 e. The maximum Gasteiger partial charge on any atom is 0.238 e. The van der Waals surface area contributed by atoms with E-state index in [0.717, 1.165) is 0 Å². The lowest BCUT2D eigenvalue weighted by Gasteiger charge is -2.10. The van der Waals surface area contributed by atoms with Gasteiger partial charge in [-0.1, -0.05) is 52.1 Å². The Hall–Kier alpha value is -0.250. The van der Waals surface area contributed by atoms with Crippen molar-refractivity contribution in [2.45, 2.75) is 18.2 Å². The van der Waals surface area contributed by atoms with Gasteiger partial charge in [0.15, 0.2) is 0 Å². The van der Waals surface area contributed by atoms with E-state index in [1.165, 1.54) is 0 Å². The zero-order chi connectivity index (χ0) is 11.4. The highest BCUT2D eigenvalue weighted by molar-refractivity contribution is 9.10. The summed E-state index contributed by atoms with van der Waals surface area (Å²) in [7, 11) is 0. The molecule has 1 atom stereocenters. The molecule has 1 aromatic rings. The Balaban J connectivity index is 2.81. The Labute approximate surface area is 107 Å². The van der Waals surface area contributed by atoms with Crippen molar-refractivity contribution in [3.63, 3.8) is 0 Å². The van der Waals surface area contributed by atoms with Gasteiger partial charge in [0.2, 0.25) is 5.91 Å². The number of hydrogen-bond donors (Lipinski definition) is 1. The molecule has 0 heterocycles. The summed E-state index contributed by atoms with van der Waals surface area (Å²) in [5, 5.41) is 3.49. The van der Waals surface area contributed by atoms with Gasteiger partial charge in [0.05, 0.1) is 20.6 Å². The lowest BCUT2D eigenvalue weighted by molar-refractivity contribution is -0.115. The SMILES string of the molecule is CC[C@@H](Br)C(=O)Nc1cccc(Cl)c1Cl. The van der Waals surface area contributed by atoms with E-state index in [1.54, 1.807) is 18.2 Å². The number of halogens is 3. The van der Waals surface area contributed by atoms with Crippen LogP contribution in [0.3, 0.4) is 0 Å². The quantitative estimate of drug-likeness (QED) is 0.837. The molecule has 0 aliphatic carbocycles. The number of amides is 1. The molecule has 1 rings (SSSR count). The molecule has 5 heteroatoms. The highest BCUT2D eigenvalue weighted by Gasteiger charge is 2.14. The molecule has 0 aliphatic rings. The van der Waals surface area contributed by atoms with Gasteiger partial charge in [0.1, 0.15) is 0 Å². The van der Waals surface area contributed by atoms with Crippen molar-refractivity contribution < 1.29 is 4.79 Å². The van der Waals surface area contributed by atoms with Crippen LogP contribution in [-0.4, -0.2) is 10.7 Å². The largest absolute Gasteiger partial charge is 0.324 e. The molecule has 0 aromatic heterocycles. The Morgan fingerprint density at radius 3 is 2.80 bits per heavy atom. The summed E-state index contributed by atoms with van der Waals surface area (Å²) in [5.74, 6) is -0.123. The Morgan fingerprint density at radius 2 is 2.20 bits per heavy atom. The van der Waals surface area contributed by atoms with Crippen molar-refractivity contribution in [2.75, 3.05) is 5.32 Å². The molecule has 0 fully saturated rings. The summed E-state index contributed by atoms with van der Waals surface area (Å²) in [6, 6.07) is 5.12. The number of anilines is 1. The number of carbonyl (C=O) groups is 1. The van der Waals surface area contributed by atoms with Crippen molar-refractivity contribution >= 4 is 50.7 Å². The number of rotatable bonds is 3. The Morgan fingerprint density at radius 1 is 1.53 bits per heavy atom. The topological polar surface area (TPSA) is 29.1 Å². The van der Waals surface area contributed by atoms with Crippen LogP contribution in [0.1, 0.15) is 13.3 Å². The van der Waals surface area contributed by atoms with Crippen molar-refractivity contribution in [1.82, 2.24) is 0 Å². The first kappa shape index (κ1) is 12.8. The van der Waals surface area contributed by atoms with Crippen molar-refractivity contribution in [2.24, 2.45) is 0 Å². The normalized spacial score (nSPS) is 12.3. The van der Waals surface area contributed by atoms with Gasteiger partial charge in [-0.05, 0) is 18.6 Å². The number of nitrogens with one attached hydrogen (secondary N) is 1. The fourth-order valence-electron chi connectivity index (χ4n) is 0.997. The summed E-state index contributed by atoms with van der Waals surface area (Å²) < 4.78 is 0. The van der Waals surface area contributed by atoms with Crippen molar-refractivity contribution in [1.29, 1.82) is 0 Å². The van der Waals surface area contributed by atoms with Gasteiger partial charge in [-0.3, -0.25) is 4.79 Å². The molecule has 1 aromatic carbocycles. The minimum absolute atomic E-state index is 0.123. The molecule has 0 radical (unpaired) electrons.